The third-order valence-corrected chi connectivity index (χ3v) is 6.97. The SMILES string of the molecule is C[PH](C)=PP. The molecule has 0 rings (SSSR count). The fourth-order valence-corrected chi connectivity index (χ4v) is 0. The molecule has 5 heavy (non-hydrogen) atoms. The lowest BCUT2D eigenvalue weighted by atomic mass is 11.9. The van der Waals surface area contributed by atoms with Crippen LogP contribution in [0, 0.1) is 0 Å². The number of hydrogen-bond donors (Lipinski definition) is 0. The molecule has 0 N–H and O–H groups in total. The van der Waals surface area contributed by atoms with Gasteiger partial charge in [-0.1, -0.05) is 23.7 Å². The van der Waals surface area contributed by atoms with Gasteiger partial charge in [0.05, 0.1) is 0 Å². The summed E-state index contributed by atoms with van der Waals surface area (Å²) in [6.45, 7) is 4.58. The average Bonchev–Trinajstić information content (AvgIpc) is 1.38. The van der Waals surface area contributed by atoms with E-state index in [0.717, 1.165) is 0 Å². The van der Waals surface area contributed by atoms with E-state index in [2.05, 4.69) is 22.3 Å². The second kappa shape index (κ2) is 3.35. The van der Waals surface area contributed by atoms with E-state index in [0.29, 0.717) is 0 Å². The third kappa shape index (κ3) is 5.16. The van der Waals surface area contributed by atoms with Crippen LogP contribution in [-0.4, -0.2) is 13.3 Å². The van der Waals surface area contributed by atoms with Gasteiger partial charge in [-0.05, 0) is 13.3 Å². The van der Waals surface area contributed by atoms with Gasteiger partial charge in [-0.2, -0.15) is 0 Å². The monoisotopic (exact) mass is 126 g/mol. The molecular formula is C2H9P3. The molecule has 0 aromatic carbocycles. The van der Waals surface area contributed by atoms with Gasteiger partial charge < -0.3 is 0 Å². The highest BCUT2D eigenvalue weighted by molar-refractivity contribution is 8.22. The molecule has 0 amide bonds. The summed E-state index contributed by atoms with van der Waals surface area (Å²) in [7, 11) is 4.29. The molecule has 0 saturated carbocycles. The third-order valence-electron chi connectivity index (χ3n) is 0.258. The van der Waals surface area contributed by atoms with Crippen LogP contribution < -0.4 is 0 Å². The van der Waals surface area contributed by atoms with Crippen LogP contribution in [0.2, 0.25) is 0 Å². The molecule has 0 nitrogen and oxygen atoms in total. The van der Waals surface area contributed by atoms with E-state index in [1.165, 1.54) is 7.56 Å². The lowest BCUT2D eigenvalue weighted by molar-refractivity contribution is 2.31. The molecule has 0 fully saturated rings. The van der Waals surface area contributed by atoms with Gasteiger partial charge in [0, 0.05) is 0 Å². The molecule has 0 aromatic heterocycles. The summed E-state index contributed by atoms with van der Waals surface area (Å²) in [6, 6.07) is 0. The summed E-state index contributed by atoms with van der Waals surface area (Å²) >= 11 is 0. The predicted molar refractivity (Wildman–Crippen MR) is 36.8 cm³/mol. The zero-order valence-electron chi connectivity index (χ0n) is 3.52. The van der Waals surface area contributed by atoms with Crippen LogP contribution in [0.1, 0.15) is 0 Å². The molecule has 0 heterocycles. The molecule has 32 valence electrons. The predicted octanol–water partition coefficient (Wildman–Crippen LogP) is 2.11. The summed E-state index contributed by atoms with van der Waals surface area (Å²) < 4.78 is 0. The van der Waals surface area contributed by atoms with Gasteiger partial charge in [0.15, 0.2) is 0 Å². The zero-order chi connectivity index (χ0) is 4.28. The van der Waals surface area contributed by atoms with Crippen LogP contribution in [-0.2, 0) is 0 Å². The molecule has 1 unspecified atom stereocenters. The second-order valence-corrected chi connectivity index (χ2v) is 9.01. The first kappa shape index (κ1) is 6.16. The van der Waals surface area contributed by atoms with Gasteiger partial charge in [-0.25, -0.2) is 0 Å². The average molecular weight is 126 g/mol. The molecule has 0 saturated heterocycles. The summed E-state index contributed by atoms with van der Waals surface area (Å²) in [5, 5.41) is 0. The van der Waals surface area contributed by atoms with Crippen molar-refractivity contribution in [2.24, 2.45) is 0 Å². The normalized spacial score (nSPS) is 10.4. The Balaban J connectivity index is 3.14. The van der Waals surface area contributed by atoms with Gasteiger partial charge in [0.2, 0.25) is 0 Å². The largest absolute Gasteiger partial charge is 0.0970 e. The smallest absolute Gasteiger partial charge is 0.0434 e. The van der Waals surface area contributed by atoms with E-state index in [-0.39, 0.29) is 7.21 Å². The minimum Gasteiger partial charge on any atom is -0.0970 e. The van der Waals surface area contributed by atoms with Crippen molar-refractivity contribution in [2.45, 2.75) is 0 Å². The first-order valence-electron chi connectivity index (χ1n) is 1.48. The van der Waals surface area contributed by atoms with Crippen molar-refractivity contribution in [3.63, 3.8) is 0 Å². The molecule has 3 heteroatoms. The highest BCUT2D eigenvalue weighted by Crippen LogP contribution is 2.31. The van der Waals surface area contributed by atoms with Crippen molar-refractivity contribution >= 4 is 23.7 Å². The first-order chi connectivity index (χ1) is 2.27. The lowest BCUT2D eigenvalue weighted by Crippen LogP contribution is -1.28. The number of rotatable bonds is 0. The van der Waals surface area contributed by atoms with Crippen LogP contribution >= 0.6 is 23.7 Å². The highest BCUT2D eigenvalue weighted by atomic mass is 32.2. The maximum Gasteiger partial charge on any atom is -0.0434 e. The Labute approximate surface area is 37.8 Å². The van der Waals surface area contributed by atoms with Gasteiger partial charge in [-0.15, -0.1) is 0 Å². The Hall–Kier alpha value is 1.16. The molecule has 0 aromatic rings. The van der Waals surface area contributed by atoms with Crippen LogP contribution in [0.15, 0.2) is 0 Å². The quantitative estimate of drug-likeness (QED) is 0.436. The van der Waals surface area contributed by atoms with Crippen molar-refractivity contribution in [3.05, 3.63) is 0 Å². The van der Waals surface area contributed by atoms with E-state index in [9.17, 15) is 0 Å². The Morgan fingerprint density at radius 2 is 1.80 bits per heavy atom. The van der Waals surface area contributed by atoms with Crippen LogP contribution in [0.3, 0.4) is 0 Å². The molecular weight excluding hydrogens is 117 g/mol. The zero-order valence-corrected chi connectivity index (χ0v) is 6.57. The Bertz CT molecular complexity index is 42.9. The minimum atomic E-state index is 0.0612. The van der Waals surface area contributed by atoms with Crippen LogP contribution in [0.25, 0.3) is 0 Å². The molecule has 0 aliphatic rings. The van der Waals surface area contributed by atoms with Gasteiger partial charge in [0.1, 0.15) is 0 Å². The topological polar surface area (TPSA) is 0 Å². The fourth-order valence-electron chi connectivity index (χ4n) is 0. The number of hydrogen-bond acceptors (Lipinski definition) is 0. The Morgan fingerprint density at radius 3 is 1.80 bits per heavy atom. The summed E-state index contributed by atoms with van der Waals surface area (Å²) in [6.07, 6.45) is 0. The van der Waals surface area contributed by atoms with Crippen LogP contribution in [0.5, 0.6) is 0 Å². The highest BCUT2D eigenvalue weighted by Gasteiger charge is 1.59. The summed E-state index contributed by atoms with van der Waals surface area (Å²) in [5.41, 5.74) is 0. The maximum absolute atomic E-state index is 2.71. The molecule has 0 radical (unpaired) electrons. The van der Waals surface area contributed by atoms with Crippen molar-refractivity contribution in [2.75, 3.05) is 13.3 Å². The Kier molecular flexibility index (Phi) is 4.13. The molecule has 0 bridgehead atoms. The van der Waals surface area contributed by atoms with E-state index >= 15 is 0 Å². The van der Waals surface area contributed by atoms with E-state index in [4.69, 9.17) is 0 Å². The van der Waals surface area contributed by atoms with Crippen molar-refractivity contribution in [1.29, 1.82) is 0 Å². The standard InChI is InChI=1S/C2H9P3/c1-5(2)4-3/h5H,3H2,1-2H3. The van der Waals surface area contributed by atoms with Gasteiger partial charge in [-0.3, -0.25) is 0 Å². The van der Waals surface area contributed by atoms with Crippen molar-refractivity contribution < 1.29 is 0 Å². The maximum atomic E-state index is 2.71. The fraction of sp³-hybridized carbons (Fsp3) is 1.00. The van der Waals surface area contributed by atoms with E-state index < -0.39 is 0 Å². The molecule has 0 aliphatic heterocycles. The molecule has 1 atom stereocenters. The van der Waals surface area contributed by atoms with Crippen molar-refractivity contribution in [1.82, 2.24) is 0 Å². The minimum absolute atomic E-state index is 0.0612. The Morgan fingerprint density at radius 1 is 1.60 bits per heavy atom. The van der Waals surface area contributed by atoms with Crippen molar-refractivity contribution in [3.8, 4) is 0 Å². The summed E-state index contributed by atoms with van der Waals surface area (Å²) in [5.74, 6) is 0. The summed E-state index contributed by atoms with van der Waals surface area (Å²) in [4.78, 5) is 0. The van der Waals surface area contributed by atoms with Gasteiger partial charge >= 0.3 is 0 Å². The first-order valence-corrected chi connectivity index (χ1v) is 7.34. The lowest BCUT2D eigenvalue weighted by Gasteiger charge is -1.75. The molecule has 0 spiro atoms. The van der Waals surface area contributed by atoms with E-state index in [1.54, 1.807) is 0 Å². The molecule has 0 aliphatic carbocycles. The van der Waals surface area contributed by atoms with Crippen LogP contribution in [0.4, 0.5) is 0 Å². The van der Waals surface area contributed by atoms with Gasteiger partial charge in [0.25, 0.3) is 0 Å². The van der Waals surface area contributed by atoms with E-state index in [1.807, 2.05) is 0 Å². The second-order valence-electron chi connectivity index (χ2n) is 1.08.